The molecule has 0 aliphatic carbocycles. The highest BCUT2D eigenvalue weighted by molar-refractivity contribution is 6.03. The van der Waals surface area contributed by atoms with Gasteiger partial charge in [0, 0.05) is 11.1 Å². The first-order valence-corrected chi connectivity index (χ1v) is 7.85. The lowest BCUT2D eigenvalue weighted by Crippen LogP contribution is -2.19. The molecule has 1 amide bonds. The Labute approximate surface area is 152 Å². The second-order valence-corrected chi connectivity index (χ2v) is 5.57. The van der Waals surface area contributed by atoms with Crippen LogP contribution in [0, 0.1) is 6.92 Å². The van der Waals surface area contributed by atoms with Crippen molar-refractivity contribution < 1.29 is 24.1 Å². The van der Waals surface area contributed by atoms with Gasteiger partial charge in [0.2, 0.25) is 5.75 Å². The molecule has 7 nitrogen and oxygen atoms in total. The number of rotatable bonds is 6. The third-order valence-corrected chi connectivity index (χ3v) is 3.79. The number of phenols is 1. The number of phenolic OH excluding ortho intramolecular Hbond substituents is 1. The van der Waals surface area contributed by atoms with Crippen molar-refractivity contribution in [3.63, 3.8) is 0 Å². The number of hydrogen-bond donors (Lipinski definition) is 2. The number of benzene rings is 2. The normalized spacial score (nSPS) is 11.0. The zero-order chi connectivity index (χ0) is 19.3. The number of carbonyl (C=O) groups is 1. The van der Waals surface area contributed by atoms with Gasteiger partial charge >= 0.3 is 0 Å². The number of nitrogens with zero attached hydrogens (tertiary/aromatic N) is 1. The van der Waals surface area contributed by atoms with E-state index in [1.165, 1.54) is 33.5 Å². The van der Waals surface area contributed by atoms with E-state index in [1.54, 1.807) is 25.1 Å². The average molecular weight is 358 g/mol. The summed E-state index contributed by atoms with van der Waals surface area (Å²) in [6.45, 7) is 3.61. The molecule has 0 saturated heterocycles. The molecule has 0 radical (unpaired) electrons. The van der Waals surface area contributed by atoms with Gasteiger partial charge in [-0.25, -0.2) is 5.43 Å². The fraction of sp³-hybridized carbons (Fsp3) is 0.263. The second-order valence-electron chi connectivity index (χ2n) is 5.57. The van der Waals surface area contributed by atoms with Crippen molar-refractivity contribution in [2.45, 2.75) is 13.8 Å². The van der Waals surface area contributed by atoms with E-state index >= 15 is 0 Å². The number of nitrogens with one attached hydrogen (secondary N) is 1. The van der Waals surface area contributed by atoms with Crippen LogP contribution in [0.4, 0.5) is 0 Å². The van der Waals surface area contributed by atoms with E-state index in [9.17, 15) is 9.90 Å². The number of hydrogen-bond acceptors (Lipinski definition) is 6. The van der Waals surface area contributed by atoms with E-state index in [2.05, 4.69) is 10.5 Å². The topological polar surface area (TPSA) is 89.4 Å². The van der Waals surface area contributed by atoms with Crippen molar-refractivity contribution in [2.75, 3.05) is 21.3 Å². The van der Waals surface area contributed by atoms with Crippen LogP contribution in [-0.4, -0.2) is 38.1 Å². The molecule has 7 heteroatoms. The Balaban J connectivity index is 2.28. The molecule has 0 aromatic heterocycles. The van der Waals surface area contributed by atoms with Gasteiger partial charge in [-0.15, -0.1) is 0 Å². The number of aryl methyl sites for hydroxylation is 1. The number of aromatic hydroxyl groups is 1. The monoisotopic (exact) mass is 358 g/mol. The maximum Gasteiger partial charge on any atom is 0.271 e. The third kappa shape index (κ3) is 4.05. The molecule has 26 heavy (non-hydrogen) atoms. The Bertz CT molecular complexity index is 821. The molecule has 0 bridgehead atoms. The molecule has 2 aromatic rings. The summed E-state index contributed by atoms with van der Waals surface area (Å²) < 4.78 is 15.7. The Hall–Kier alpha value is -3.22. The van der Waals surface area contributed by atoms with Crippen LogP contribution >= 0.6 is 0 Å². The maximum absolute atomic E-state index is 12.4. The van der Waals surface area contributed by atoms with Crippen LogP contribution in [-0.2, 0) is 0 Å². The molecule has 0 atom stereocenters. The van der Waals surface area contributed by atoms with Crippen LogP contribution in [0.3, 0.4) is 0 Å². The summed E-state index contributed by atoms with van der Waals surface area (Å²) in [6.07, 6.45) is 0. The summed E-state index contributed by atoms with van der Waals surface area (Å²) in [6, 6.07) is 8.24. The van der Waals surface area contributed by atoms with E-state index in [1.807, 2.05) is 6.92 Å². The summed E-state index contributed by atoms with van der Waals surface area (Å²) in [5, 5.41) is 14.0. The van der Waals surface area contributed by atoms with Crippen LogP contribution in [0.2, 0.25) is 0 Å². The Morgan fingerprint density at radius 2 is 1.65 bits per heavy atom. The molecule has 2 aromatic carbocycles. The molecular formula is C19H22N2O5. The fourth-order valence-corrected chi connectivity index (χ4v) is 2.41. The van der Waals surface area contributed by atoms with Crippen molar-refractivity contribution in [2.24, 2.45) is 5.10 Å². The van der Waals surface area contributed by atoms with Gasteiger partial charge in [0.1, 0.15) is 5.75 Å². The summed E-state index contributed by atoms with van der Waals surface area (Å²) in [4.78, 5) is 12.4. The minimum atomic E-state index is -0.448. The third-order valence-electron chi connectivity index (χ3n) is 3.79. The zero-order valence-corrected chi connectivity index (χ0v) is 15.4. The summed E-state index contributed by atoms with van der Waals surface area (Å²) >= 11 is 0. The van der Waals surface area contributed by atoms with Gasteiger partial charge in [-0.2, -0.15) is 5.10 Å². The molecule has 0 aliphatic rings. The van der Waals surface area contributed by atoms with Gasteiger partial charge in [0.25, 0.3) is 5.91 Å². The van der Waals surface area contributed by atoms with Crippen LogP contribution in [0.5, 0.6) is 23.0 Å². The number of methoxy groups -OCH3 is 3. The lowest BCUT2D eigenvalue weighted by Gasteiger charge is -2.13. The summed E-state index contributed by atoms with van der Waals surface area (Å²) in [5.41, 5.74) is 4.77. The summed E-state index contributed by atoms with van der Waals surface area (Å²) in [7, 11) is 4.44. The van der Waals surface area contributed by atoms with Crippen molar-refractivity contribution in [3.05, 3.63) is 47.0 Å². The molecule has 0 fully saturated rings. The van der Waals surface area contributed by atoms with Gasteiger partial charge in [-0.05, 0) is 38.1 Å². The van der Waals surface area contributed by atoms with Crippen molar-refractivity contribution in [1.29, 1.82) is 0 Å². The summed E-state index contributed by atoms with van der Waals surface area (Å²) in [5.74, 6) is 0.786. The Morgan fingerprint density at radius 3 is 2.19 bits per heavy atom. The quantitative estimate of drug-likeness (QED) is 0.612. The number of carbonyl (C=O) groups excluding carboxylic acids is 1. The number of ether oxygens (including phenoxy) is 3. The van der Waals surface area contributed by atoms with E-state index in [-0.39, 0.29) is 5.75 Å². The van der Waals surface area contributed by atoms with Gasteiger partial charge in [-0.3, -0.25) is 4.79 Å². The van der Waals surface area contributed by atoms with E-state index in [4.69, 9.17) is 14.2 Å². The molecule has 138 valence electrons. The van der Waals surface area contributed by atoms with Crippen molar-refractivity contribution >= 4 is 11.6 Å². The molecule has 2 rings (SSSR count). The minimum absolute atomic E-state index is 0.0962. The van der Waals surface area contributed by atoms with Gasteiger partial charge < -0.3 is 19.3 Å². The standard InChI is InChI=1S/C19H22N2O5/c1-11-6-7-15(22)14(8-11)12(2)20-21-19(23)13-9-16(24-3)18(26-5)17(10-13)25-4/h6-10,22H,1-5H3,(H,21,23)/b20-12+. The van der Waals surface area contributed by atoms with Crippen LogP contribution < -0.4 is 19.6 Å². The van der Waals surface area contributed by atoms with E-state index in [0.29, 0.717) is 34.1 Å². The van der Waals surface area contributed by atoms with Crippen LogP contribution in [0.15, 0.2) is 35.4 Å². The highest BCUT2D eigenvalue weighted by Gasteiger charge is 2.17. The first-order valence-electron chi connectivity index (χ1n) is 7.85. The maximum atomic E-state index is 12.4. The SMILES string of the molecule is COc1cc(C(=O)N/N=C(\C)c2cc(C)ccc2O)cc(OC)c1OC. The highest BCUT2D eigenvalue weighted by atomic mass is 16.5. The van der Waals surface area contributed by atoms with E-state index in [0.717, 1.165) is 5.56 Å². The second kappa shape index (κ2) is 8.24. The van der Waals surface area contributed by atoms with Crippen LogP contribution in [0.1, 0.15) is 28.4 Å². The smallest absolute Gasteiger partial charge is 0.271 e. The van der Waals surface area contributed by atoms with Crippen LogP contribution in [0.25, 0.3) is 0 Å². The minimum Gasteiger partial charge on any atom is -0.507 e. The van der Waals surface area contributed by atoms with Gasteiger partial charge in [-0.1, -0.05) is 11.6 Å². The fourth-order valence-electron chi connectivity index (χ4n) is 2.41. The zero-order valence-electron chi connectivity index (χ0n) is 15.4. The Kier molecular flexibility index (Phi) is 6.06. The molecule has 0 aliphatic heterocycles. The number of amides is 1. The predicted molar refractivity (Wildman–Crippen MR) is 98.6 cm³/mol. The largest absolute Gasteiger partial charge is 0.507 e. The van der Waals surface area contributed by atoms with Gasteiger partial charge in [0.15, 0.2) is 11.5 Å². The molecule has 0 spiro atoms. The lowest BCUT2D eigenvalue weighted by atomic mass is 10.1. The molecule has 2 N–H and O–H groups in total. The lowest BCUT2D eigenvalue weighted by molar-refractivity contribution is 0.0954. The van der Waals surface area contributed by atoms with Gasteiger partial charge in [0.05, 0.1) is 27.0 Å². The molecular weight excluding hydrogens is 336 g/mol. The molecule has 0 unspecified atom stereocenters. The molecule has 0 saturated carbocycles. The Morgan fingerprint density at radius 1 is 1.04 bits per heavy atom. The molecule has 0 heterocycles. The highest BCUT2D eigenvalue weighted by Crippen LogP contribution is 2.38. The first-order chi connectivity index (χ1) is 12.4. The number of hydrazone groups is 1. The van der Waals surface area contributed by atoms with Crippen molar-refractivity contribution in [3.8, 4) is 23.0 Å². The first kappa shape index (κ1) is 19.1. The van der Waals surface area contributed by atoms with E-state index < -0.39 is 5.91 Å². The predicted octanol–water partition coefficient (Wildman–Crippen LogP) is 2.88. The van der Waals surface area contributed by atoms with Crippen molar-refractivity contribution in [1.82, 2.24) is 5.43 Å². The average Bonchev–Trinajstić information content (AvgIpc) is 2.66.